The summed E-state index contributed by atoms with van der Waals surface area (Å²) in [5.41, 5.74) is 1.68. The van der Waals surface area contributed by atoms with Gasteiger partial charge in [-0.1, -0.05) is 42.5 Å². The monoisotopic (exact) mass is 402 g/mol. The maximum absolute atomic E-state index is 12.6. The molecule has 0 fully saturated rings. The van der Waals surface area contributed by atoms with Crippen molar-refractivity contribution in [3.05, 3.63) is 82.9 Å². The number of aromatic nitrogens is 1. The summed E-state index contributed by atoms with van der Waals surface area (Å²) in [6.07, 6.45) is -0.591. The van der Waals surface area contributed by atoms with Gasteiger partial charge in [-0.2, -0.15) is 13.2 Å². The molecule has 1 amide bonds. The highest BCUT2D eigenvalue weighted by Gasteiger charge is 2.30. The Morgan fingerprint density at radius 1 is 1.07 bits per heavy atom. The first-order valence-corrected chi connectivity index (χ1v) is 9.43. The van der Waals surface area contributed by atoms with E-state index in [-0.39, 0.29) is 5.91 Å². The summed E-state index contributed by atoms with van der Waals surface area (Å²) in [6.45, 7) is 0.425. The average Bonchev–Trinajstić information content (AvgIpc) is 3.15. The first kappa shape index (κ1) is 19.8. The Morgan fingerprint density at radius 2 is 1.79 bits per heavy atom. The van der Waals surface area contributed by atoms with Gasteiger partial charge in [0.15, 0.2) is 0 Å². The highest BCUT2D eigenvalue weighted by molar-refractivity contribution is 7.13. The van der Waals surface area contributed by atoms with Crippen LogP contribution in [0.25, 0.3) is 16.6 Å². The third-order valence-electron chi connectivity index (χ3n) is 3.92. The van der Waals surface area contributed by atoms with Crippen LogP contribution >= 0.6 is 11.3 Å². The van der Waals surface area contributed by atoms with E-state index in [1.807, 2.05) is 35.7 Å². The van der Waals surface area contributed by atoms with E-state index < -0.39 is 11.7 Å². The van der Waals surface area contributed by atoms with Crippen molar-refractivity contribution >= 4 is 23.3 Å². The zero-order valence-electron chi connectivity index (χ0n) is 14.7. The maximum atomic E-state index is 12.6. The van der Waals surface area contributed by atoms with E-state index >= 15 is 0 Å². The van der Waals surface area contributed by atoms with Crippen LogP contribution in [0.1, 0.15) is 16.8 Å². The lowest BCUT2D eigenvalue weighted by Crippen LogP contribution is -2.23. The number of rotatable bonds is 6. The summed E-state index contributed by atoms with van der Waals surface area (Å²) in [4.78, 5) is 16.3. The lowest BCUT2D eigenvalue weighted by atomic mass is 10.1. The predicted octanol–water partition coefficient (Wildman–Crippen LogP) is 5.20. The summed E-state index contributed by atoms with van der Waals surface area (Å²) in [6, 6.07) is 14.4. The molecular weight excluding hydrogens is 385 g/mol. The summed E-state index contributed by atoms with van der Waals surface area (Å²) in [5, 5.41) is 5.29. The Kier molecular flexibility index (Phi) is 6.26. The molecule has 0 aliphatic carbocycles. The second kappa shape index (κ2) is 8.84. The fraction of sp³-hybridized carbons (Fsp3) is 0.143. The Balaban J connectivity index is 1.51. The van der Waals surface area contributed by atoms with Crippen molar-refractivity contribution in [1.29, 1.82) is 0 Å². The molecule has 3 aromatic rings. The van der Waals surface area contributed by atoms with Gasteiger partial charge in [0.25, 0.3) is 0 Å². The van der Waals surface area contributed by atoms with Crippen LogP contribution in [0.15, 0.2) is 66.1 Å². The zero-order chi connectivity index (χ0) is 20.0. The minimum absolute atomic E-state index is 0.193. The first-order chi connectivity index (χ1) is 13.4. The van der Waals surface area contributed by atoms with Crippen molar-refractivity contribution < 1.29 is 18.0 Å². The van der Waals surface area contributed by atoms with E-state index in [2.05, 4.69) is 10.3 Å². The Bertz CT molecular complexity index is 948. The van der Waals surface area contributed by atoms with Gasteiger partial charge in [0.05, 0.1) is 11.3 Å². The number of hydrogen-bond acceptors (Lipinski definition) is 3. The van der Waals surface area contributed by atoms with Crippen LogP contribution in [0, 0.1) is 0 Å². The fourth-order valence-electron chi connectivity index (χ4n) is 2.46. The molecule has 0 aliphatic heterocycles. The lowest BCUT2D eigenvalue weighted by Gasteiger charge is -2.06. The molecule has 0 aliphatic rings. The van der Waals surface area contributed by atoms with Gasteiger partial charge in [-0.15, -0.1) is 11.3 Å². The predicted molar refractivity (Wildman–Crippen MR) is 105 cm³/mol. The number of thiazole rings is 1. The summed E-state index contributed by atoms with van der Waals surface area (Å²) in [5.74, 6) is -0.193. The minimum Gasteiger partial charge on any atom is -0.352 e. The van der Waals surface area contributed by atoms with Crippen LogP contribution in [-0.2, 0) is 17.4 Å². The molecule has 1 N–H and O–H groups in total. The number of benzene rings is 2. The molecule has 0 spiro atoms. The largest absolute Gasteiger partial charge is 0.416 e. The molecule has 1 aromatic heterocycles. The molecule has 2 aromatic carbocycles. The normalized spacial score (nSPS) is 11.7. The molecule has 28 heavy (non-hydrogen) atoms. The molecule has 3 rings (SSSR count). The summed E-state index contributed by atoms with van der Waals surface area (Å²) in [7, 11) is 0. The van der Waals surface area contributed by atoms with E-state index in [0.29, 0.717) is 23.5 Å². The Morgan fingerprint density at radius 3 is 2.46 bits per heavy atom. The summed E-state index contributed by atoms with van der Waals surface area (Å²) < 4.78 is 37.9. The number of carbonyl (C=O) groups excluding carboxylic acids is 1. The zero-order valence-corrected chi connectivity index (χ0v) is 15.6. The highest BCUT2D eigenvalue weighted by atomic mass is 32.1. The van der Waals surface area contributed by atoms with Gasteiger partial charge in [0, 0.05) is 30.0 Å². The average molecular weight is 402 g/mol. The number of nitrogens with zero attached hydrogens (tertiary/aromatic N) is 1. The quantitative estimate of drug-likeness (QED) is 0.576. The fourth-order valence-corrected chi connectivity index (χ4v) is 3.33. The van der Waals surface area contributed by atoms with Gasteiger partial charge in [-0.05, 0) is 23.8 Å². The van der Waals surface area contributed by atoms with Crippen LogP contribution in [0.2, 0.25) is 0 Å². The molecule has 0 radical (unpaired) electrons. The molecule has 144 valence electrons. The molecule has 0 bridgehead atoms. The standard InChI is InChI=1S/C21H17F3N2OS/c22-21(23,24)17-9-7-16(8-10-17)20-26-18(14-28-20)12-13-25-19(27)11-6-15-4-2-1-3-5-15/h1-11,14H,12-13H2,(H,25,27). The number of alkyl halides is 3. The van der Waals surface area contributed by atoms with Crippen LogP contribution in [0.4, 0.5) is 13.2 Å². The highest BCUT2D eigenvalue weighted by Crippen LogP contribution is 2.31. The molecule has 0 unspecified atom stereocenters. The van der Waals surface area contributed by atoms with Gasteiger partial charge in [-0.25, -0.2) is 4.98 Å². The van der Waals surface area contributed by atoms with E-state index in [1.165, 1.54) is 29.5 Å². The molecule has 1 heterocycles. The number of amides is 1. The van der Waals surface area contributed by atoms with Crippen LogP contribution in [-0.4, -0.2) is 17.4 Å². The molecule has 7 heteroatoms. The SMILES string of the molecule is O=C(C=Cc1ccccc1)NCCc1csc(-c2ccc(C(F)(F)F)cc2)n1. The van der Waals surface area contributed by atoms with Crippen LogP contribution in [0.3, 0.4) is 0 Å². The maximum Gasteiger partial charge on any atom is 0.416 e. The van der Waals surface area contributed by atoms with E-state index in [1.54, 1.807) is 6.08 Å². The van der Waals surface area contributed by atoms with Crippen LogP contribution in [0.5, 0.6) is 0 Å². The number of nitrogens with one attached hydrogen (secondary N) is 1. The Hall–Kier alpha value is -2.93. The van der Waals surface area contributed by atoms with Crippen molar-refractivity contribution in [3.63, 3.8) is 0 Å². The second-order valence-corrected chi connectivity index (χ2v) is 6.86. The third-order valence-corrected chi connectivity index (χ3v) is 4.86. The number of hydrogen-bond donors (Lipinski definition) is 1. The number of halogens is 3. The molecule has 0 saturated carbocycles. The van der Waals surface area contributed by atoms with Crippen molar-refractivity contribution in [2.75, 3.05) is 6.54 Å². The molecule has 3 nitrogen and oxygen atoms in total. The molecular formula is C21H17F3N2OS. The lowest BCUT2D eigenvalue weighted by molar-refractivity contribution is -0.137. The van der Waals surface area contributed by atoms with Crippen molar-refractivity contribution in [3.8, 4) is 10.6 Å². The van der Waals surface area contributed by atoms with Gasteiger partial charge < -0.3 is 5.32 Å². The Labute approximate surface area is 164 Å². The van der Waals surface area contributed by atoms with Crippen molar-refractivity contribution in [1.82, 2.24) is 10.3 Å². The van der Waals surface area contributed by atoms with Crippen LogP contribution < -0.4 is 5.32 Å². The summed E-state index contributed by atoms with van der Waals surface area (Å²) >= 11 is 1.36. The van der Waals surface area contributed by atoms with Gasteiger partial charge in [-0.3, -0.25) is 4.79 Å². The molecule has 0 saturated heterocycles. The van der Waals surface area contributed by atoms with Gasteiger partial charge in [0.1, 0.15) is 5.01 Å². The van der Waals surface area contributed by atoms with Crippen molar-refractivity contribution in [2.24, 2.45) is 0 Å². The van der Waals surface area contributed by atoms with E-state index in [0.717, 1.165) is 23.4 Å². The topological polar surface area (TPSA) is 42.0 Å². The number of carbonyl (C=O) groups is 1. The van der Waals surface area contributed by atoms with Gasteiger partial charge >= 0.3 is 6.18 Å². The smallest absolute Gasteiger partial charge is 0.352 e. The second-order valence-electron chi connectivity index (χ2n) is 6.00. The molecule has 0 atom stereocenters. The van der Waals surface area contributed by atoms with Crippen molar-refractivity contribution in [2.45, 2.75) is 12.6 Å². The van der Waals surface area contributed by atoms with Gasteiger partial charge in [0.2, 0.25) is 5.91 Å². The minimum atomic E-state index is -4.35. The van der Waals surface area contributed by atoms with E-state index in [9.17, 15) is 18.0 Å². The first-order valence-electron chi connectivity index (χ1n) is 8.55. The third kappa shape index (κ3) is 5.53. The van der Waals surface area contributed by atoms with E-state index in [4.69, 9.17) is 0 Å².